The lowest BCUT2D eigenvalue weighted by molar-refractivity contribution is -0.179. The van der Waals surface area contributed by atoms with E-state index in [1.54, 1.807) is 0 Å². The SMILES string of the molecule is CC(N)c1ccccc1N1CCC(C(F)(F)F)CC1. The van der Waals surface area contributed by atoms with Crippen LogP contribution in [-0.2, 0) is 0 Å². The molecule has 2 rings (SSSR count). The van der Waals surface area contributed by atoms with Crippen molar-refractivity contribution in [2.24, 2.45) is 11.7 Å². The highest BCUT2D eigenvalue weighted by Crippen LogP contribution is 2.36. The molecule has 0 amide bonds. The zero-order valence-electron chi connectivity index (χ0n) is 11.0. The molecule has 1 fully saturated rings. The first-order valence-electron chi connectivity index (χ1n) is 6.55. The van der Waals surface area contributed by atoms with E-state index in [2.05, 4.69) is 0 Å². The summed E-state index contributed by atoms with van der Waals surface area (Å²) in [5.74, 6) is -1.16. The fourth-order valence-electron chi connectivity index (χ4n) is 2.61. The highest BCUT2D eigenvalue weighted by molar-refractivity contribution is 5.55. The quantitative estimate of drug-likeness (QED) is 0.893. The Morgan fingerprint density at radius 2 is 1.79 bits per heavy atom. The number of nitrogens with zero attached hydrogens (tertiary/aromatic N) is 1. The van der Waals surface area contributed by atoms with E-state index in [1.807, 2.05) is 36.1 Å². The van der Waals surface area contributed by atoms with E-state index >= 15 is 0 Å². The summed E-state index contributed by atoms with van der Waals surface area (Å²) < 4.78 is 37.9. The Morgan fingerprint density at radius 3 is 2.32 bits per heavy atom. The van der Waals surface area contributed by atoms with Gasteiger partial charge in [-0.3, -0.25) is 0 Å². The Hall–Kier alpha value is -1.23. The summed E-state index contributed by atoms with van der Waals surface area (Å²) in [6.07, 6.45) is -3.74. The molecule has 0 spiro atoms. The minimum Gasteiger partial charge on any atom is -0.371 e. The first kappa shape index (κ1) is 14.2. The summed E-state index contributed by atoms with van der Waals surface area (Å²) in [5.41, 5.74) is 7.88. The van der Waals surface area contributed by atoms with Crippen LogP contribution < -0.4 is 10.6 Å². The first-order chi connectivity index (χ1) is 8.89. The van der Waals surface area contributed by atoms with Gasteiger partial charge in [-0.25, -0.2) is 0 Å². The predicted octanol–water partition coefficient (Wildman–Crippen LogP) is 3.49. The van der Waals surface area contributed by atoms with Crippen molar-refractivity contribution in [3.8, 4) is 0 Å². The second-order valence-corrected chi connectivity index (χ2v) is 5.15. The molecular formula is C14H19F3N2. The second-order valence-electron chi connectivity index (χ2n) is 5.15. The molecule has 1 saturated heterocycles. The fraction of sp³-hybridized carbons (Fsp3) is 0.571. The first-order valence-corrected chi connectivity index (χ1v) is 6.55. The zero-order chi connectivity index (χ0) is 14.0. The standard InChI is InChI=1S/C14H19F3N2/c1-10(18)12-4-2-3-5-13(12)19-8-6-11(7-9-19)14(15,16)17/h2-5,10-11H,6-9,18H2,1H3. The van der Waals surface area contributed by atoms with Crippen LogP contribution in [0.3, 0.4) is 0 Å². The Bertz CT molecular complexity index is 421. The Labute approximate surface area is 111 Å². The van der Waals surface area contributed by atoms with Gasteiger partial charge in [0, 0.05) is 24.8 Å². The molecule has 1 unspecified atom stereocenters. The smallest absolute Gasteiger partial charge is 0.371 e. The predicted molar refractivity (Wildman–Crippen MR) is 70.0 cm³/mol. The van der Waals surface area contributed by atoms with E-state index < -0.39 is 12.1 Å². The van der Waals surface area contributed by atoms with Gasteiger partial charge in [0.15, 0.2) is 0 Å². The van der Waals surface area contributed by atoms with Crippen LogP contribution in [0.15, 0.2) is 24.3 Å². The molecule has 0 aliphatic carbocycles. The van der Waals surface area contributed by atoms with Gasteiger partial charge in [-0.2, -0.15) is 13.2 Å². The highest BCUT2D eigenvalue weighted by Gasteiger charge is 2.41. The minimum absolute atomic E-state index is 0.114. The lowest BCUT2D eigenvalue weighted by Gasteiger charge is -2.35. The van der Waals surface area contributed by atoms with Gasteiger partial charge in [-0.05, 0) is 31.4 Å². The van der Waals surface area contributed by atoms with Crippen LogP contribution in [0.25, 0.3) is 0 Å². The lowest BCUT2D eigenvalue weighted by Crippen LogP contribution is -2.39. The van der Waals surface area contributed by atoms with Gasteiger partial charge < -0.3 is 10.6 Å². The average molecular weight is 272 g/mol. The molecule has 1 aliphatic rings. The van der Waals surface area contributed by atoms with E-state index in [0.717, 1.165) is 11.3 Å². The van der Waals surface area contributed by atoms with Gasteiger partial charge in [0.25, 0.3) is 0 Å². The molecule has 1 atom stereocenters. The topological polar surface area (TPSA) is 29.3 Å². The monoisotopic (exact) mass is 272 g/mol. The number of nitrogens with two attached hydrogens (primary N) is 1. The zero-order valence-corrected chi connectivity index (χ0v) is 11.0. The lowest BCUT2D eigenvalue weighted by atomic mass is 9.95. The molecule has 106 valence electrons. The molecule has 1 aliphatic heterocycles. The van der Waals surface area contributed by atoms with Gasteiger partial charge in [-0.15, -0.1) is 0 Å². The number of alkyl halides is 3. The van der Waals surface area contributed by atoms with E-state index in [-0.39, 0.29) is 18.9 Å². The van der Waals surface area contributed by atoms with E-state index in [1.165, 1.54) is 0 Å². The molecule has 0 aromatic heterocycles. The molecule has 1 aromatic rings. The third-order valence-electron chi connectivity index (χ3n) is 3.73. The maximum atomic E-state index is 12.6. The summed E-state index contributed by atoms with van der Waals surface area (Å²) in [5, 5.41) is 0. The molecule has 0 bridgehead atoms. The van der Waals surface area contributed by atoms with Crippen LogP contribution in [0, 0.1) is 5.92 Å². The van der Waals surface area contributed by atoms with Crippen molar-refractivity contribution >= 4 is 5.69 Å². The van der Waals surface area contributed by atoms with Crippen molar-refractivity contribution < 1.29 is 13.2 Å². The van der Waals surface area contributed by atoms with E-state index in [4.69, 9.17) is 5.73 Å². The van der Waals surface area contributed by atoms with E-state index in [0.29, 0.717) is 13.1 Å². The number of hydrogen-bond acceptors (Lipinski definition) is 2. The number of anilines is 1. The van der Waals surface area contributed by atoms with Gasteiger partial charge >= 0.3 is 6.18 Å². The van der Waals surface area contributed by atoms with Crippen LogP contribution >= 0.6 is 0 Å². The summed E-state index contributed by atoms with van der Waals surface area (Å²) in [7, 11) is 0. The number of rotatable bonds is 2. The number of hydrogen-bond donors (Lipinski definition) is 1. The Balaban J connectivity index is 2.10. The molecule has 1 heterocycles. The Kier molecular flexibility index (Phi) is 4.04. The van der Waals surface area contributed by atoms with Gasteiger partial charge in [-0.1, -0.05) is 18.2 Å². The number of piperidine rings is 1. The molecule has 5 heteroatoms. The number of halogens is 3. The maximum Gasteiger partial charge on any atom is 0.391 e. The van der Waals surface area contributed by atoms with Crippen molar-refractivity contribution in [1.29, 1.82) is 0 Å². The van der Waals surface area contributed by atoms with Crippen LogP contribution in [0.5, 0.6) is 0 Å². The van der Waals surface area contributed by atoms with Crippen molar-refractivity contribution in [2.45, 2.75) is 32.0 Å². The van der Waals surface area contributed by atoms with Crippen LogP contribution in [-0.4, -0.2) is 19.3 Å². The number of para-hydroxylation sites is 1. The molecule has 2 N–H and O–H groups in total. The molecule has 2 nitrogen and oxygen atoms in total. The minimum atomic E-state index is -4.06. The third kappa shape index (κ3) is 3.21. The summed E-state index contributed by atoms with van der Waals surface area (Å²) in [6, 6.07) is 7.57. The third-order valence-corrected chi connectivity index (χ3v) is 3.73. The highest BCUT2D eigenvalue weighted by atomic mass is 19.4. The molecule has 1 aromatic carbocycles. The van der Waals surface area contributed by atoms with Crippen molar-refractivity contribution in [3.05, 3.63) is 29.8 Å². The molecular weight excluding hydrogens is 253 g/mol. The summed E-state index contributed by atoms with van der Waals surface area (Å²) >= 11 is 0. The molecule has 0 saturated carbocycles. The second kappa shape index (κ2) is 5.41. The van der Waals surface area contributed by atoms with Crippen molar-refractivity contribution in [3.63, 3.8) is 0 Å². The average Bonchev–Trinajstić information content (AvgIpc) is 2.38. The van der Waals surface area contributed by atoms with Gasteiger partial charge in [0.05, 0.1) is 5.92 Å². The van der Waals surface area contributed by atoms with Crippen LogP contribution in [0.4, 0.5) is 18.9 Å². The fourth-order valence-corrected chi connectivity index (χ4v) is 2.61. The Morgan fingerprint density at radius 1 is 1.21 bits per heavy atom. The van der Waals surface area contributed by atoms with Gasteiger partial charge in [0.2, 0.25) is 0 Å². The van der Waals surface area contributed by atoms with Gasteiger partial charge in [0.1, 0.15) is 0 Å². The summed E-state index contributed by atoms with van der Waals surface area (Å²) in [4.78, 5) is 2.01. The van der Waals surface area contributed by atoms with Crippen LogP contribution in [0.1, 0.15) is 31.4 Å². The van der Waals surface area contributed by atoms with Crippen LogP contribution in [0.2, 0.25) is 0 Å². The normalized spacial score (nSPS) is 19.5. The van der Waals surface area contributed by atoms with Crippen molar-refractivity contribution in [1.82, 2.24) is 0 Å². The number of benzene rings is 1. The summed E-state index contributed by atoms with van der Waals surface area (Å²) in [6.45, 7) is 2.77. The molecule has 0 radical (unpaired) electrons. The van der Waals surface area contributed by atoms with Crippen molar-refractivity contribution in [2.75, 3.05) is 18.0 Å². The van der Waals surface area contributed by atoms with E-state index in [9.17, 15) is 13.2 Å². The largest absolute Gasteiger partial charge is 0.391 e. The molecule has 19 heavy (non-hydrogen) atoms. The maximum absolute atomic E-state index is 12.6.